The highest BCUT2D eigenvalue weighted by Gasteiger charge is 2.22. The molecule has 3 aromatic rings. The Bertz CT molecular complexity index is 1080. The first-order valence-electron chi connectivity index (χ1n) is 9.14. The molecule has 0 radical (unpaired) electrons. The summed E-state index contributed by atoms with van der Waals surface area (Å²) in [4.78, 5) is 0. The van der Waals surface area contributed by atoms with Gasteiger partial charge in [-0.1, -0.05) is 36.4 Å². The largest absolute Gasteiger partial charge is 0.748 e. The first-order chi connectivity index (χ1) is 13.4. The number of oxazole rings is 1. The Kier molecular flexibility index (Phi) is 6.16. The van der Waals surface area contributed by atoms with Crippen molar-refractivity contribution in [2.75, 3.05) is 12.4 Å². The van der Waals surface area contributed by atoms with E-state index in [1.165, 1.54) is 0 Å². The first-order valence-corrected chi connectivity index (χ1v) is 10.7. The lowest BCUT2D eigenvalue weighted by Crippen LogP contribution is -2.36. The quantitative estimate of drug-likeness (QED) is 0.326. The summed E-state index contributed by atoms with van der Waals surface area (Å²) in [7, 11) is -4.26. The van der Waals surface area contributed by atoms with Crippen molar-refractivity contribution in [1.82, 2.24) is 0 Å². The van der Waals surface area contributed by atoms with Crippen LogP contribution in [-0.2, 0) is 21.4 Å². The predicted molar refractivity (Wildman–Crippen MR) is 106 cm³/mol. The fourth-order valence-electron chi connectivity index (χ4n) is 3.09. The molecule has 7 heteroatoms. The van der Waals surface area contributed by atoms with Crippen LogP contribution in [0.15, 0.2) is 58.7 Å². The highest BCUT2D eigenvalue weighted by Crippen LogP contribution is 2.24. The number of ether oxygens (including phenoxy) is 1. The Morgan fingerprint density at radius 2 is 1.93 bits per heavy atom. The molecular formula is C21H23NO5S. The maximum absolute atomic E-state index is 11.0. The van der Waals surface area contributed by atoms with Gasteiger partial charge in [-0.15, -0.1) is 0 Å². The van der Waals surface area contributed by atoms with Crippen molar-refractivity contribution < 1.29 is 26.7 Å². The highest BCUT2D eigenvalue weighted by atomic mass is 32.2. The molecule has 2 aromatic carbocycles. The lowest BCUT2D eigenvalue weighted by atomic mass is 10.1. The van der Waals surface area contributed by atoms with Crippen LogP contribution in [0, 0.1) is 0 Å². The van der Waals surface area contributed by atoms with Crippen LogP contribution in [0.2, 0.25) is 0 Å². The molecule has 0 bridgehead atoms. The molecule has 1 aromatic heterocycles. The maximum Gasteiger partial charge on any atom is 0.377 e. The van der Waals surface area contributed by atoms with E-state index in [-0.39, 0.29) is 6.42 Å². The summed E-state index contributed by atoms with van der Waals surface area (Å²) in [6.07, 6.45) is 1.98. The number of allylic oxidation sites excluding steroid dienone is 1. The number of rotatable bonds is 8. The number of benzene rings is 2. The summed E-state index contributed by atoms with van der Waals surface area (Å²) in [5, 5.41) is 0. The number of hydrogen-bond acceptors (Lipinski definition) is 5. The molecule has 0 saturated heterocycles. The number of nitrogens with zero attached hydrogens (tertiary/aromatic N) is 1. The van der Waals surface area contributed by atoms with E-state index in [1.54, 1.807) is 6.08 Å². The molecule has 3 rings (SSSR count). The maximum atomic E-state index is 11.0. The molecular weight excluding hydrogens is 378 g/mol. The van der Waals surface area contributed by atoms with E-state index in [0.29, 0.717) is 30.4 Å². The van der Waals surface area contributed by atoms with Crippen LogP contribution in [0.5, 0.6) is 0 Å². The molecule has 28 heavy (non-hydrogen) atoms. The van der Waals surface area contributed by atoms with Gasteiger partial charge in [-0.2, -0.15) is 4.57 Å². The molecule has 1 heterocycles. The van der Waals surface area contributed by atoms with Crippen molar-refractivity contribution in [3.63, 3.8) is 0 Å². The van der Waals surface area contributed by atoms with Gasteiger partial charge in [0.1, 0.15) is 5.76 Å². The molecule has 0 spiro atoms. The molecule has 6 nitrogen and oxygen atoms in total. The second kappa shape index (κ2) is 8.58. The molecule has 0 unspecified atom stereocenters. The molecule has 0 aliphatic heterocycles. The first kappa shape index (κ1) is 20.1. The molecule has 148 valence electrons. The lowest BCUT2D eigenvalue weighted by molar-refractivity contribution is -0.677. The minimum Gasteiger partial charge on any atom is -0.748 e. The van der Waals surface area contributed by atoms with Gasteiger partial charge in [0.25, 0.3) is 5.52 Å². The van der Waals surface area contributed by atoms with Crippen LogP contribution in [0.1, 0.15) is 26.2 Å². The van der Waals surface area contributed by atoms with E-state index in [4.69, 9.17) is 9.15 Å². The zero-order chi connectivity index (χ0) is 20.1. The predicted octanol–water partition coefficient (Wildman–Crippen LogP) is 3.72. The van der Waals surface area contributed by atoms with Gasteiger partial charge in [0, 0.05) is 18.2 Å². The van der Waals surface area contributed by atoms with E-state index in [9.17, 15) is 13.0 Å². The zero-order valence-electron chi connectivity index (χ0n) is 15.9. The minimum absolute atomic E-state index is 0.204. The molecule has 0 amide bonds. The molecule has 0 aliphatic rings. The van der Waals surface area contributed by atoms with Crippen molar-refractivity contribution in [3.05, 3.63) is 60.2 Å². The average Bonchev–Trinajstić information content (AvgIpc) is 2.98. The average molecular weight is 401 g/mol. The number of hydrogen-bond donors (Lipinski definition) is 0. The van der Waals surface area contributed by atoms with Gasteiger partial charge in [0.15, 0.2) is 6.54 Å². The van der Waals surface area contributed by atoms with Gasteiger partial charge < -0.3 is 13.7 Å². The zero-order valence-corrected chi connectivity index (χ0v) is 16.7. The van der Waals surface area contributed by atoms with Gasteiger partial charge in [-0.3, -0.25) is 0 Å². The summed E-state index contributed by atoms with van der Waals surface area (Å²) < 4.78 is 46.3. The topological polar surface area (TPSA) is 83.5 Å². The van der Waals surface area contributed by atoms with Gasteiger partial charge in [-0.05, 0) is 31.0 Å². The lowest BCUT2D eigenvalue weighted by Gasteiger charge is -2.04. The summed E-state index contributed by atoms with van der Waals surface area (Å²) in [6.45, 7) is 4.61. The fraction of sp³-hybridized carbons (Fsp3) is 0.286. The molecule has 0 aliphatic carbocycles. The van der Waals surface area contributed by atoms with E-state index >= 15 is 0 Å². The molecule has 0 saturated carbocycles. The van der Waals surface area contributed by atoms with Crippen LogP contribution >= 0.6 is 0 Å². The second-order valence-electron chi connectivity index (χ2n) is 6.44. The highest BCUT2D eigenvalue weighted by molar-refractivity contribution is 7.85. The second-order valence-corrected chi connectivity index (χ2v) is 7.97. The monoisotopic (exact) mass is 401 g/mol. The Hall–Kier alpha value is -2.64. The van der Waals surface area contributed by atoms with Crippen molar-refractivity contribution in [2.24, 2.45) is 0 Å². The van der Waals surface area contributed by atoms with Gasteiger partial charge >= 0.3 is 5.89 Å². The Labute approximate surface area is 164 Å². The number of fused-ring (bicyclic) bond motifs is 1. The Morgan fingerprint density at radius 3 is 2.61 bits per heavy atom. The van der Waals surface area contributed by atoms with Crippen LogP contribution in [0.4, 0.5) is 0 Å². The van der Waals surface area contributed by atoms with E-state index in [2.05, 4.69) is 0 Å². The van der Waals surface area contributed by atoms with Crippen molar-refractivity contribution >= 4 is 27.3 Å². The van der Waals surface area contributed by atoms with Gasteiger partial charge in [0.05, 0.1) is 22.8 Å². The van der Waals surface area contributed by atoms with Crippen LogP contribution in [-0.4, -0.2) is 25.3 Å². The molecule has 0 atom stereocenters. The Morgan fingerprint density at radius 1 is 1.18 bits per heavy atom. The normalized spacial score (nSPS) is 12.5. The van der Waals surface area contributed by atoms with Gasteiger partial charge in [-0.25, -0.2) is 8.42 Å². The third-order valence-electron chi connectivity index (χ3n) is 4.31. The molecule has 0 N–H and O–H groups in total. The third kappa shape index (κ3) is 4.99. The van der Waals surface area contributed by atoms with Gasteiger partial charge in [0.2, 0.25) is 5.58 Å². The van der Waals surface area contributed by atoms with Crippen LogP contribution in [0.25, 0.3) is 28.3 Å². The van der Waals surface area contributed by atoms with Crippen molar-refractivity contribution in [2.45, 2.75) is 26.8 Å². The standard InChI is InChI=1S/C21H23NO5S/c1-3-26-16(2)14-21-22(12-7-13-28(23,24)25)19-15-18(10-11-20(19)27-21)17-8-5-4-6-9-17/h4-6,8-11,14-15H,3,7,12-13H2,1-2H3/b16-14-. The van der Waals surface area contributed by atoms with Crippen molar-refractivity contribution in [3.8, 4) is 11.1 Å². The summed E-state index contributed by atoms with van der Waals surface area (Å²) >= 11 is 0. The van der Waals surface area contributed by atoms with Crippen LogP contribution < -0.4 is 4.57 Å². The summed E-state index contributed by atoms with van der Waals surface area (Å²) in [6, 6.07) is 15.8. The summed E-state index contributed by atoms with van der Waals surface area (Å²) in [5.74, 6) is 0.822. The van der Waals surface area contributed by atoms with E-state index < -0.39 is 15.9 Å². The van der Waals surface area contributed by atoms with E-state index in [0.717, 1.165) is 16.6 Å². The third-order valence-corrected chi connectivity index (χ3v) is 5.10. The van der Waals surface area contributed by atoms with E-state index in [1.807, 2.05) is 66.9 Å². The summed E-state index contributed by atoms with van der Waals surface area (Å²) in [5.41, 5.74) is 3.61. The number of aromatic nitrogens is 1. The molecule has 0 fully saturated rings. The SMILES string of the molecule is CCO/C(C)=C\c1oc2ccc(-c3ccccc3)cc2[n+]1CCCS(=O)(=O)[O-]. The van der Waals surface area contributed by atoms with Crippen LogP contribution in [0.3, 0.4) is 0 Å². The smallest absolute Gasteiger partial charge is 0.377 e. The minimum atomic E-state index is -4.26. The number of aryl methyl sites for hydroxylation is 1. The Balaban J connectivity index is 2.05. The fourth-order valence-corrected chi connectivity index (χ4v) is 3.57. The van der Waals surface area contributed by atoms with Crippen molar-refractivity contribution in [1.29, 1.82) is 0 Å².